The van der Waals surface area contributed by atoms with Crippen molar-refractivity contribution >= 4 is 22.6 Å². The summed E-state index contributed by atoms with van der Waals surface area (Å²) in [6.45, 7) is 4.45. The summed E-state index contributed by atoms with van der Waals surface area (Å²) >= 11 is 0. The molecule has 0 unspecified atom stereocenters. The number of nitrogens with one attached hydrogen (secondary N) is 1. The summed E-state index contributed by atoms with van der Waals surface area (Å²) in [5, 5.41) is 0.930. The van der Waals surface area contributed by atoms with Gasteiger partial charge in [-0.1, -0.05) is 24.3 Å². The quantitative estimate of drug-likeness (QED) is 0.500. The van der Waals surface area contributed by atoms with Gasteiger partial charge in [0.05, 0.1) is 18.9 Å². The topological polar surface area (TPSA) is 97.1 Å². The molecule has 31 heavy (non-hydrogen) atoms. The first-order chi connectivity index (χ1) is 15.1. The van der Waals surface area contributed by atoms with E-state index >= 15 is 0 Å². The number of ether oxygens (including phenoxy) is 1. The molecule has 7 nitrogen and oxygen atoms in total. The molecule has 1 fully saturated rings. The molecule has 0 radical (unpaired) electrons. The minimum Gasteiger partial charge on any atom is -0.398 e. The Morgan fingerprint density at radius 1 is 1.10 bits per heavy atom. The van der Waals surface area contributed by atoms with E-state index in [2.05, 4.69) is 15.0 Å². The number of H-pyrrole nitrogens is 1. The molecule has 5 rings (SSSR count). The summed E-state index contributed by atoms with van der Waals surface area (Å²) in [5.74, 6) is 0.0387. The Bertz CT molecular complexity index is 1260. The van der Waals surface area contributed by atoms with Crippen LogP contribution in [-0.4, -0.2) is 52.1 Å². The third-order valence-corrected chi connectivity index (χ3v) is 5.80. The number of anilines is 1. The Labute approximate surface area is 179 Å². The maximum atomic E-state index is 12.7. The lowest BCUT2D eigenvalue weighted by Gasteiger charge is -2.26. The summed E-state index contributed by atoms with van der Waals surface area (Å²) in [6, 6.07) is 15.5. The van der Waals surface area contributed by atoms with Crippen molar-refractivity contribution in [3.05, 3.63) is 66.0 Å². The van der Waals surface area contributed by atoms with Gasteiger partial charge >= 0.3 is 0 Å². The fourth-order valence-electron chi connectivity index (χ4n) is 3.96. The Balaban J connectivity index is 1.48. The molecule has 1 amide bonds. The van der Waals surface area contributed by atoms with Crippen LogP contribution in [0.5, 0.6) is 0 Å². The number of aromatic amines is 1. The number of rotatable bonds is 3. The summed E-state index contributed by atoms with van der Waals surface area (Å²) in [5.41, 5.74) is 13.0. The third kappa shape index (κ3) is 3.53. The number of hydrogen-bond donors (Lipinski definition) is 2. The minimum atomic E-state index is 0.0387. The molecule has 0 bridgehead atoms. The molecule has 3 N–H and O–H groups in total. The molecule has 4 aromatic rings. The van der Waals surface area contributed by atoms with Crippen LogP contribution >= 0.6 is 0 Å². The van der Waals surface area contributed by atoms with E-state index in [1.807, 2.05) is 60.4 Å². The fourth-order valence-corrected chi connectivity index (χ4v) is 3.96. The number of hydrogen-bond acceptors (Lipinski definition) is 5. The number of aromatic nitrogens is 3. The second-order valence-electron chi connectivity index (χ2n) is 7.67. The van der Waals surface area contributed by atoms with Crippen LogP contribution in [0.2, 0.25) is 0 Å². The molecule has 1 aliphatic rings. The van der Waals surface area contributed by atoms with E-state index in [1.165, 1.54) is 0 Å². The average Bonchev–Trinajstić information content (AvgIpc) is 3.26. The number of benzene rings is 2. The first-order valence-corrected chi connectivity index (χ1v) is 10.3. The Morgan fingerprint density at radius 2 is 1.87 bits per heavy atom. The van der Waals surface area contributed by atoms with E-state index in [9.17, 15) is 4.79 Å². The molecule has 1 saturated heterocycles. The van der Waals surface area contributed by atoms with Gasteiger partial charge in [0.1, 0.15) is 12.0 Å². The van der Waals surface area contributed by atoms with E-state index in [-0.39, 0.29) is 5.91 Å². The van der Waals surface area contributed by atoms with E-state index in [1.54, 1.807) is 6.33 Å². The molecular weight excluding hydrogens is 390 g/mol. The van der Waals surface area contributed by atoms with Gasteiger partial charge in [0.25, 0.3) is 5.91 Å². The molecule has 1 aliphatic heterocycles. The van der Waals surface area contributed by atoms with Crippen molar-refractivity contribution in [3.8, 4) is 22.5 Å². The van der Waals surface area contributed by atoms with Gasteiger partial charge in [-0.25, -0.2) is 9.97 Å². The van der Waals surface area contributed by atoms with E-state index in [4.69, 9.17) is 10.5 Å². The molecule has 156 valence electrons. The van der Waals surface area contributed by atoms with Crippen molar-refractivity contribution in [2.45, 2.75) is 6.92 Å². The minimum absolute atomic E-state index is 0.0387. The van der Waals surface area contributed by atoms with Gasteiger partial charge in [0, 0.05) is 41.0 Å². The first-order valence-electron chi connectivity index (χ1n) is 10.3. The predicted molar refractivity (Wildman–Crippen MR) is 121 cm³/mol. The standard InChI is InChI=1S/C24H23N5O2/c1-15-18(3-2-4-20(15)25)22-19-13-21(28-23(19)27-14-26-22)16-5-7-17(8-6-16)24(30)29-9-11-31-12-10-29/h2-8,13-14H,9-12,25H2,1H3,(H,26,27,28). The Morgan fingerprint density at radius 3 is 2.65 bits per heavy atom. The number of fused-ring (bicyclic) bond motifs is 1. The van der Waals surface area contributed by atoms with Crippen molar-refractivity contribution < 1.29 is 9.53 Å². The Kier molecular flexibility index (Phi) is 4.88. The molecule has 3 heterocycles. The lowest BCUT2D eigenvalue weighted by molar-refractivity contribution is 0.0303. The highest BCUT2D eigenvalue weighted by atomic mass is 16.5. The Hall–Kier alpha value is -3.71. The smallest absolute Gasteiger partial charge is 0.254 e. The van der Waals surface area contributed by atoms with Gasteiger partial charge in [-0.3, -0.25) is 4.79 Å². The molecule has 0 saturated carbocycles. The van der Waals surface area contributed by atoms with Crippen LogP contribution in [0.25, 0.3) is 33.5 Å². The normalized spacial score (nSPS) is 14.2. The number of nitrogen functional groups attached to an aromatic ring is 1. The zero-order valence-corrected chi connectivity index (χ0v) is 17.3. The van der Waals surface area contributed by atoms with Crippen molar-refractivity contribution in [2.75, 3.05) is 32.0 Å². The van der Waals surface area contributed by atoms with Gasteiger partial charge in [-0.15, -0.1) is 0 Å². The van der Waals surface area contributed by atoms with Crippen molar-refractivity contribution in [2.24, 2.45) is 0 Å². The van der Waals surface area contributed by atoms with Gasteiger partial charge in [0.2, 0.25) is 0 Å². The van der Waals surface area contributed by atoms with E-state index < -0.39 is 0 Å². The molecule has 0 spiro atoms. The molecule has 7 heteroatoms. The maximum Gasteiger partial charge on any atom is 0.254 e. The molecular formula is C24H23N5O2. The summed E-state index contributed by atoms with van der Waals surface area (Å²) < 4.78 is 5.33. The maximum absolute atomic E-state index is 12.7. The highest BCUT2D eigenvalue weighted by Gasteiger charge is 2.19. The molecule has 2 aromatic heterocycles. The second kappa shape index (κ2) is 7.85. The van der Waals surface area contributed by atoms with Gasteiger partial charge in [-0.2, -0.15) is 0 Å². The summed E-state index contributed by atoms with van der Waals surface area (Å²) in [4.78, 5) is 26.8. The second-order valence-corrected chi connectivity index (χ2v) is 7.67. The first kappa shape index (κ1) is 19.3. The van der Waals surface area contributed by atoms with Crippen LogP contribution in [0, 0.1) is 6.92 Å². The zero-order chi connectivity index (χ0) is 21.4. The zero-order valence-electron chi connectivity index (χ0n) is 17.3. The summed E-state index contributed by atoms with van der Waals surface area (Å²) in [6.07, 6.45) is 1.56. The van der Waals surface area contributed by atoms with Crippen LogP contribution < -0.4 is 5.73 Å². The number of amides is 1. The number of nitrogens with zero attached hydrogens (tertiary/aromatic N) is 3. The van der Waals surface area contributed by atoms with Crippen molar-refractivity contribution in [1.82, 2.24) is 19.9 Å². The van der Waals surface area contributed by atoms with Crippen LogP contribution in [0.4, 0.5) is 5.69 Å². The predicted octanol–water partition coefficient (Wildman–Crippen LogP) is 3.65. The van der Waals surface area contributed by atoms with Crippen LogP contribution in [0.3, 0.4) is 0 Å². The van der Waals surface area contributed by atoms with Gasteiger partial charge in [-0.05, 0) is 42.3 Å². The SMILES string of the molecule is Cc1c(N)cccc1-c1ncnc2[nH]c(-c3ccc(C(=O)N4CCOCC4)cc3)cc12. The number of nitrogens with two attached hydrogens (primary N) is 1. The van der Waals surface area contributed by atoms with Crippen LogP contribution in [0.15, 0.2) is 54.9 Å². The lowest BCUT2D eigenvalue weighted by atomic mass is 10.0. The van der Waals surface area contributed by atoms with Crippen molar-refractivity contribution in [1.29, 1.82) is 0 Å². The highest BCUT2D eigenvalue weighted by molar-refractivity contribution is 5.97. The largest absolute Gasteiger partial charge is 0.398 e. The fraction of sp³-hybridized carbons (Fsp3) is 0.208. The van der Waals surface area contributed by atoms with Gasteiger partial charge < -0.3 is 20.4 Å². The number of carbonyl (C=O) groups excluding carboxylic acids is 1. The summed E-state index contributed by atoms with van der Waals surface area (Å²) in [7, 11) is 0. The van der Waals surface area contributed by atoms with E-state index in [0.29, 0.717) is 31.9 Å². The van der Waals surface area contributed by atoms with Gasteiger partial charge in [0.15, 0.2) is 0 Å². The van der Waals surface area contributed by atoms with Crippen molar-refractivity contribution in [3.63, 3.8) is 0 Å². The van der Waals surface area contributed by atoms with E-state index in [0.717, 1.165) is 44.8 Å². The third-order valence-electron chi connectivity index (χ3n) is 5.80. The molecule has 0 aliphatic carbocycles. The molecule has 0 atom stereocenters. The van der Waals surface area contributed by atoms with Crippen LogP contribution in [-0.2, 0) is 4.74 Å². The number of morpholine rings is 1. The average molecular weight is 413 g/mol. The number of carbonyl (C=O) groups is 1. The van der Waals surface area contributed by atoms with Crippen LogP contribution in [0.1, 0.15) is 15.9 Å². The monoisotopic (exact) mass is 413 g/mol. The molecule has 2 aromatic carbocycles. The highest BCUT2D eigenvalue weighted by Crippen LogP contribution is 2.33. The lowest BCUT2D eigenvalue weighted by Crippen LogP contribution is -2.40.